The van der Waals surface area contributed by atoms with Crippen LogP contribution in [0.25, 0.3) is 0 Å². The van der Waals surface area contributed by atoms with E-state index in [2.05, 4.69) is 6.07 Å². The minimum Gasteiger partial charge on any atom is -0.207 e. The summed E-state index contributed by atoms with van der Waals surface area (Å²) in [7, 11) is -3.77. The topological polar surface area (TPSA) is 61.2 Å². The Hall–Kier alpha value is -2.65. The molecule has 3 rings (SSSR count). The molecule has 142 valence electrons. The SMILES string of the molecule is CC(c1ccc(C#N)cc1)N(Cc1ccccc1)S(=O)(=O)c1ccc(Cl)cc1. The molecule has 4 nitrogen and oxygen atoms in total. The Morgan fingerprint density at radius 2 is 1.57 bits per heavy atom. The first-order valence-corrected chi connectivity index (χ1v) is 10.5. The molecule has 0 aliphatic carbocycles. The van der Waals surface area contributed by atoms with E-state index in [0.29, 0.717) is 10.6 Å². The van der Waals surface area contributed by atoms with E-state index < -0.39 is 16.1 Å². The van der Waals surface area contributed by atoms with E-state index in [1.54, 1.807) is 36.4 Å². The second kappa shape index (κ2) is 8.57. The van der Waals surface area contributed by atoms with Crippen molar-refractivity contribution < 1.29 is 8.42 Å². The van der Waals surface area contributed by atoms with Gasteiger partial charge in [-0.15, -0.1) is 0 Å². The maximum absolute atomic E-state index is 13.4. The number of hydrogen-bond acceptors (Lipinski definition) is 3. The molecule has 0 spiro atoms. The Morgan fingerprint density at radius 3 is 2.14 bits per heavy atom. The predicted octanol–water partition coefficient (Wildman–Crippen LogP) is 5.16. The second-order valence-corrected chi connectivity index (χ2v) is 8.73. The van der Waals surface area contributed by atoms with Crippen LogP contribution in [-0.2, 0) is 16.6 Å². The maximum Gasteiger partial charge on any atom is 0.243 e. The Kier molecular flexibility index (Phi) is 6.15. The number of benzene rings is 3. The molecule has 1 atom stereocenters. The highest BCUT2D eigenvalue weighted by Gasteiger charge is 2.30. The van der Waals surface area contributed by atoms with E-state index in [-0.39, 0.29) is 11.4 Å². The number of halogens is 1. The lowest BCUT2D eigenvalue weighted by molar-refractivity contribution is 0.336. The molecule has 0 bridgehead atoms. The molecule has 0 amide bonds. The molecule has 0 saturated heterocycles. The summed E-state index contributed by atoms with van der Waals surface area (Å²) in [5.41, 5.74) is 2.24. The van der Waals surface area contributed by atoms with Crippen molar-refractivity contribution in [2.24, 2.45) is 0 Å². The number of rotatable bonds is 6. The molecule has 0 fully saturated rings. The van der Waals surface area contributed by atoms with Gasteiger partial charge in [0.2, 0.25) is 10.0 Å². The highest BCUT2D eigenvalue weighted by atomic mass is 35.5. The van der Waals surface area contributed by atoms with Gasteiger partial charge in [-0.2, -0.15) is 9.57 Å². The quantitative estimate of drug-likeness (QED) is 0.563. The summed E-state index contributed by atoms with van der Waals surface area (Å²) in [4.78, 5) is 0.188. The van der Waals surface area contributed by atoms with Crippen LogP contribution in [0, 0.1) is 11.3 Å². The van der Waals surface area contributed by atoms with Gasteiger partial charge in [0.25, 0.3) is 0 Å². The number of sulfonamides is 1. The first-order chi connectivity index (χ1) is 13.4. The van der Waals surface area contributed by atoms with Gasteiger partial charge in [0.05, 0.1) is 16.5 Å². The van der Waals surface area contributed by atoms with E-state index >= 15 is 0 Å². The van der Waals surface area contributed by atoms with E-state index in [4.69, 9.17) is 16.9 Å². The molecule has 28 heavy (non-hydrogen) atoms. The third-order valence-electron chi connectivity index (χ3n) is 4.56. The van der Waals surface area contributed by atoms with E-state index in [1.165, 1.54) is 16.4 Å². The Bertz CT molecular complexity index is 1070. The number of hydrogen-bond donors (Lipinski definition) is 0. The Balaban J connectivity index is 2.03. The molecule has 0 N–H and O–H groups in total. The van der Waals surface area contributed by atoms with Crippen molar-refractivity contribution in [1.29, 1.82) is 5.26 Å². The van der Waals surface area contributed by atoms with E-state index in [1.807, 2.05) is 37.3 Å². The average molecular weight is 411 g/mol. The largest absolute Gasteiger partial charge is 0.243 e. The van der Waals surface area contributed by atoms with Gasteiger partial charge in [-0.1, -0.05) is 54.1 Å². The standard InChI is InChI=1S/C22H19ClN2O2S/c1-17(20-9-7-18(15-24)8-10-20)25(16-19-5-3-2-4-6-19)28(26,27)22-13-11-21(23)12-14-22/h2-14,17H,16H2,1H3. The van der Waals surface area contributed by atoms with Crippen molar-refractivity contribution in [1.82, 2.24) is 4.31 Å². The van der Waals surface area contributed by atoms with Gasteiger partial charge in [0.1, 0.15) is 0 Å². The van der Waals surface area contributed by atoms with Gasteiger partial charge in [0.15, 0.2) is 0 Å². The van der Waals surface area contributed by atoms with Crippen molar-refractivity contribution in [2.45, 2.75) is 24.4 Å². The van der Waals surface area contributed by atoms with E-state index in [9.17, 15) is 8.42 Å². The zero-order valence-corrected chi connectivity index (χ0v) is 16.9. The van der Waals surface area contributed by atoms with Crippen LogP contribution >= 0.6 is 11.6 Å². The third-order valence-corrected chi connectivity index (χ3v) is 6.74. The average Bonchev–Trinajstić information content (AvgIpc) is 2.72. The molecule has 0 radical (unpaired) electrons. The van der Waals surface area contributed by atoms with Crippen LogP contribution in [0.5, 0.6) is 0 Å². The highest BCUT2D eigenvalue weighted by molar-refractivity contribution is 7.89. The van der Waals surface area contributed by atoms with Crippen molar-refractivity contribution in [3.63, 3.8) is 0 Å². The number of nitriles is 1. The maximum atomic E-state index is 13.4. The van der Waals surface area contributed by atoms with Crippen LogP contribution in [0.3, 0.4) is 0 Å². The Labute approximate surface area is 170 Å². The van der Waals surface area contributed by atoms with Crippen molar-refractivity contribution in [3.05, 3.63) is 101 Å². The lowest BCUT2D eigenvalue weighted by atomic mass is 10.1. The van der Waals surface area contributed by atoms with Crippen molar-refractivity contribution >= 4 is 21.6 Å². The number of nitrogens with zero attached hydrogens (tertiary/aromatic N) is 2. The minimum atomic E-state index is -3.77. The highest BCUT2D eigenvalue weighted by Crippen LogP contribution is 2.30. The predicted molar refractivity (Wildman–Crippen MR) is 110 cm³/mol. The van der Waals surface area contributed by atoms with Gasteiger partial charge < -0.3 is 0 Å². The zero-order chi connectivity index (χ0) is 20.1. The first-order valence-electron chi connectivity index (χ1n) is 8.73. The zero-order valence-electron chi connectivity index (χ0n) is 15.3. The third kappa shape index (κ3) is 4.42. The summed E-state index contributed by atoms with van der Waals surface area (Å²) in [5, 5.41) is 9.48. The lowest BCUT2D eigenvalue weighted by Gasteiger charge is -2.29. The fraction of sp³-hybridized carbons (Fsp3) is 0.136. The van der Waals surface area contributed by atoms with E-state index in [0.717, 1.165) is 11.1 Å². The van der Waals surface area contributed by atoms with Crippen LogP contribution in [-0.4, -0.2) is 12.7 Å². The van der Waals surface area contributed by atoms with Gasteiger partial charge in [-0.3, -0.25) is 0 Å². The molecule has 1 unspecified atom stereocenters. The van der Waals surface area contributed by atoms with Gasteiger partial charge in [0, 0.05) is 17.6 Å². The van der Waals surface area contributed by atoms with Crippen LogP contribution < -0.4 is 0 Å². The molecule has 0 aromatic heterocycles. The molecule has 0 saturated carbocycles. The van der Waals surface area contributed by atoms with Crippen molar-refractivity contribution in [2.75, 3.05) is 0 Å². The Morgan fingerprint density at radius 1 is 0.964 bits per heavy atom. The fourth-order valence-electron chi connectivity index (χ4n) is 2.94. The lowest BCUT2D eigenvalue weighted by Crippen LogP contribution is -2.33. The molecule has 0 aliphatic heterocycles. The summed E-state index contributed by atoms with van der Waals surface area (Å²) in [5.74, 6) is 0. The van der Waals surface area contributed by atoms with Gasteiger partial charge >= 0.3 is 0 Å². The normalized spacial score (nSPS) is 12.5. The summed E-state index contributed by atoms with van der Waals surface area (Å²) in [6.07, 6.45) is 0. The monoisotopic (exact) mass is 410 g/mol. The smallest absolute Gasteiger partial charge is 0.207 e. The van der Waals surface area contributed by atoms with Crippen LogP contribution in [0.4, 0.5) is 0 Å². The van der Waals surface area contributed by atoms with Gasteiger partial charge in [-0.25, -0.2) is 8.42 Å². The van der Waals surface area contributed by atoms with Crippen LogP contribution in [0.2, 0.25) is 5.02 Å². The molecular formula is C22H19ClN2O2S. The fourth-order valence-corrected chi connectivity index (χ4v) is 4.67. The summed E-state index contributed by atoms with van der Waals surface area (Å²) >= 11 is 5.92. The van der Waals surface area contributed by atoms with Crippen LogP contribution in [0.15, 0.2) is 83.8 Å². The molecule has 3 aromatic rings. The van der Waals surface area contributed by atoms with Gasteiger partial charge in [-0.05, 0) is 54.4 Å². The second-order valence-electron chi connectivity index (χ2n) is 6.40. The van der Waals surface area contributed by atoms with Crippen molar-refractivity contribution in [3.8, 4) is 6.07 Å². The molecule has 6 heteroatoms. The minimum absolute atomic E-state index is 0.188. The molecular weight excluding hydrogens is 392 g/mol. The summed E-state index contributed by atoms with van der Waals surface area (Å²) in [6.45, 7) is 2.07. The first kappa shape index (κ1) is 20.1. The van der Waals surface area contributed by atoms with Crippen LogP contribution in [0.1, 0.15) is 29.7 Å². The molecule has 0 aliphatic rings. The molecule has 0 heterocycles. The molecule has 3 aromatic carbocycles. The summed E-state index contributed by atoms with van der Waals surface area (Å²) < 4.78 is 28.3. The summed E-state index contributed by atoms with van der Waals surface area (Å²) in [6, 6.07) is 24.3.